The van der Waals surface area contributed by atoms with Gasteiger partial charge in [0.15, 0.2) is 0 Å². The maximum absolute atomic E-state index is 12.4. The lowest BCUT2D eigenvalue weighted by Gasteiger charge is -2.14. The third kappa shape index (κ3) is 2.90. The molecule has 7 heteroatoms. The van der Waals surface area contributed by atoms with E-state index in [4.69, 9.17) is 0 Å². The Morgan fingerprint density at radius 2 is 1.64 bits per heavy atom. The first kappa shape index (κ1) is 15.9. The first-order chi connectivity index (χ1) is 10.4. The van der Waals surface area contributed by atoms with Crippen molar-refractivity contribution in [3.8, 4) is 0 Å². The first-order valence-electron chi connectivity index (χ1n) is 6.26. The summed E-state index contributed by atoms with van der Waals surface area (Å²) in [4.78, 5) is 9.77. The molecular formula is C15H13NO5S. The van der Waals surface area contributed by atoms with E-state index in [1.807, 2.05) is 0 Å². The fourth-order valence-electron chi connectivity index (χ4n) is 1.96. The van der Waals surface area contributed by atoms with Gasteiger partial charge in [-0.25, -0.2) is 8.42 Å². The second-order valence-electron chi connectivity index (χ2n) is 4.50. The number of aliphatic hydroxyl groups excluding tert-OH is 1. The molecule has 114 valence electrons. The monoisotopic (exact) mass is 319 g/mol. The van der Waals surface area contributed by atoms with E-state index in [1.54, 1.807) is 6.07 Å². The molecule has 0 bridgehead atoms. The van der Waals surface area contributed by atoms with Gasteiger partial charge in [-0.2, -0.15) is 0 Å². The number of para-hydroxylation sites is 1. The molecule has 0 radical (unpaired) electrons. The molecule has 0 heterocycles. The van der Waals surface area contributed by atoms with Crippen molar-refractivity contribution in [2.75, 3.05) is 0 Å². The summed E-state index contributed by atoms with van der Waals surface area (Å²) in [5.74, 6) is 0. The van der Waals surface area contributed by atoms with Gasteiger partial charge in [0.2, 0.25) is 9.84 Å². The van der Waals surface area contributed by atoms with Crippen molar-refractivity contribution in [2.24, 2.45) is 0 Å². The van der Waals surface area contributed by atoms with Gasteiger partial charge in [-0.3, -0.25) is 10.1 Å². The third-order valence-corrected chi connectivity index (χ3v) is 4.94. The Labute approximate surface area is 127 Å². The Hall–Kier alpha value is -2.51. The zero-order valence-corrected chi connectivity index (χ0v) is 12.2. The maximum atomic E-state index is 12.4. The van der Waals surface area contributed by atoms with Crippen LogP contribution in [0.3, 0.4) is 0 Å². The van der Waals surface area contributed by atoms with Crippen LogP contribution >= 0.6 is 0 Å². The summed E-state index contributed by atoms with van der Waals surface area (Å²) in [5, 5.41) is 21.2. The molecule has 0 aromatic heterocycles. The summed E-state index contributed by atoms with van der Waals surface area (Å²) in [5.41, 5.74) is -0.476. The predicted molar refractivity (Wildman–Crippen MR) is 80.8 cm³/mol. The van der Waals surface area contributed by atoms with E-state index in [9.17, 15) is 23.6 Å². The van der Waals surface area contributed by atoms with Crippen molar-refractivity contribution < 1.29 is 18.4 Å². The summed E-state index contributed by atoms with van der Waals surface area (Å²) < 4.78 is 24.8. The van der Waals surface area contributed by atoms with E-state index in [1.165, 1.54) is 48.5 Å². The molecule has 2 rings (SSSR count). The van der Waals surface area contributed by atoms with Crippen molar-refractivity contribution in [1.29, 1.82) is 0 Å². The number of nitro groups is 1. The van der Waals surface area contributed by atoms with E-state index >= 15 is 0 Å². The van der Waals surface area contributed by atoms with Gasteiger partial charge in [0.05, 0.1) is 20.3 Å². The van der Waals surface area contributed by atoms with Crippen LogP contribution < -0.4 is 0 Å². The Morgan fingerprint density at radius 3 is 2.23 bits per heavy atom. The van der Waals surface area contributed by atoms with Crippen LogP contribution in [0.5, 0.6) is 0 Å². The normalized spacial score (nSPS) is 12.6. The number of hydrogen-bond acceptors (Lipinski definition) is 5. The van der Waals surface area contributed by atoms with E-state index in [2.05, 4.69) is 6.58 Å². The molecule has 1 unspecified atom stereocenters. The van der Waals surface area contributed by atoms with Crippen molar-refractivity contribution in [3.63, 3.8) is 0 Å². The van der Waals surface area contributed by atoms with Gasteiger partial charge in [0.25, 0.3) is 5.69 Å². The Kier molecular flexibility index (Phi) is 4.39. The summed E-state index contributed by atoms with van der Waals surface area (Å²) in [7, 11) is -4.00. The van der Waals surface area contributed by atoms with Crippen molar-refractivity contribution >= 4 is 15.5 Å². The molecule has 2 aromatic rings. The highest BCUT2D eigenvalue weighted by atomic mass is 32.2. The maximum Gasteiger partial charge on any atom is 0.275 e. The second-order valence-corrected chi connectivity index (χ2v) is 6.50. The molecular weight excluding hydrogens is 306 g/mol. The van der Waals surface area contributed by atoms with Gasteiger partial charge in [-0.05, 0) is 18.2 Å². The number of nitro benzene ring substituents is 1. The molecule has 0 aliphatic carbocycles. The lowest BCUT2D eigenvalue weighted by Crippen LogP contribution is -2.13. The molecule has 0 saturated heterocycles. The van der Waals surface area contributed by atoms with Gasteiger partial charge >= 0.3 is 0 Å². The molecule has 1 N–H and O–H groups in total. The highest BCUT2D eigenvalue weighted by molar-refractivity contribution is 7.95. The molecule has 22 heavy (non-hydrogen) atoms. The van der Waals surface area contributed by atoms with Crippen LogP contribution in [0.4, 0.5) is 5.69 Å². The number of nitrogens with zero attached hydrogens (tertiary/aromatic N) is 1. The number of benzene rings is 2. The van der Waals surface area contributed by atoms with Gasteiger partial charge < -0.3 is 5.11 Å². The van der Waals surface area contributed by atoms with Crippen LogP contribution in [0.2, 0.25) is 0 Å². The fraction of sp³-hybridized carbons (Fsp3) is 0.0667. The topological polar surface area (TPSA) is 97.5 Å². The molecule has 0 aliphatic rings. The summed E-state index contributed by atoms with van der Waals surface area (Å²) in [6, 6.07) is 12.9. The zero-order chi connectivity index (χ0) is 16.3. The largest absolute Gasteiger partial charge is 0.383 e. The predicted octanol–water partition coefficient (Wildman–Crippen LogP) is 2.62. The minimum atomic E-state index is -4.00. The van der Waals surface area contributed by atoms with Gasteiger partial charge in [-0.15, -0.1) is 0 Å². The minimum Gasteiger partial charge on any atom is -0.383 e. The summed E-state index contributed by atoms with van der Waals surface area (Å²) in [6.07, 6.45) is -1.69. The Morgan fingerprint density at radius 1 is 1.09 bits per heavy atom. The van der Waals surface area contributed by atoms with Crippen LogP contribution in [0, 0.1) is 10.1 Å². The average Bonchev–Trinajstić information content (AvgIpc) is 2.54. The highest BCUT2D eigenvalue weighted by Gasteiger charge is 2.30. The van der Waals surface area contributed by atoms with Crippen LogP contribution in [0.15, 0.2) is 71.0 Å². The lowest BCUT2D eigenvalue weighted by molar-refractivity contribution is -0.386. The fourth-order valence-corrected chi connectivity index (χ4v) is 3.20. The average molecular weight is 319 g/mol. The molecule has 6 nitrogen and oxygen atoms in total. The molecule has 2 aromatic carbocycles. The Bertz CT molecular complexity index is 815. The molecule has 0 aliphatic heterocycles. The molecule has 0 fully saturated rings. The van der Waals surface area contributed by atoms with Crippen LogP contribution in [-0.2, 0) is 9.84 Å². The number of rotatable bonds is 5. The van der Waals surface area contributed by atoms with Crippen LogP contribution in [0.1, 0.15) is 11.7 Å². The smallest absolute Gasteiger partial charge is 0.275 e. The Balaban J connectivity index is 2.45. The third-order valence-electron chi connectivity index (χ3n) is 3.13. The van der Waals surface area contributed by atoms with Crippen LogP contribution in [0.25, 0.3) is 0 Å². The molecule has 0 spiro atoms. The number of sulfone groups is 1. The van der Waals surface area contributed by atoms with E-state index in [0.29, 0.717) is 0 Å². The van der Waals surface area contributed by atoms with E-state index in [0.717, 1.165) is 0 Å². The molecule has 1 atom stereocenters. The standard InChI is InChI=1S/C15H13NO5S/c1-11(22(20,21)12-7-3-2-4-8-12)15(17)13-9-5-6-10-14(13)16(18)19/h2-10,15,17H,1H2. The van der Waals surface area contributed by atoms with E-state index in [-0.39, 0.29) is 16.1 Å². The quantitative estimate of drug-likeness (QED) is 0.675. The van der Waals surface area contributed by atoms with Gasteiger partial charge in [-0.1, -0.05) is 36.9 Å². The van der Waals surface area contributed by atoms with Crippen molar-refractivity contribution in [2.45, 2.75) is 11.0 Å². The van der Waals surface area contributed by atoms with Gasteiger partial charge in [0.1, 0.15) is 6.10 Å². The summed E-state index contributed by atoms with van der Waals surface area (Å²) >= 11 is 0. The van der Waals surface area contributed by atoms with Crippen molar-refractivity contribution in [3.05, 3.63) is 81.8 Å². The lowest BCUT2D eigenvalue weighted by atomic mass is 10.1. The second kappa shape index (κ2) is 6.08. The minimum absolute atomic E-state index is 0.0300. The van der Waals surface area contributed by atoms with Crippen LogP contribution in [-0.4, -0.2) is 18.4 Å². The number of hydrogen-bond donors (Lipinski definition) is 1. The number of aliphatic hydroxyl groups is 1. The highest BCUT2D eigenvalue weighted by Crippen LogP contribution is 2.33. The van der Waals surface area contributed by atoms with Gasteiger partial charge in [0, 0.05) is 6.07 Å². The van der Waals surface area contributed by atoms with E-state index < -0.39 is 25.8 Å². The first-order valence-corrected chi connectivity index (χ1v) is 7.74. The SMILES string of the molecule is C=C(C(O)c1ccccc1[N+](=O)[O-])S(=O)(=O)c1ccccc1. The molecule has 0 saturated carbocycles. The van der Waals surface area contributed by atoms with Crippen molar-refractivity contribution in [1.82, 2.24) is 0 Å². The molecule has 0 amide bonds. The zero-order valence-electron chi connectivity index (χ0n) is 11.4. The summed E-state index contributed by atoms with van der Waals surface area (Å²) in [6.45, 7) is 3.42.